The number of hydrogen-bond acceptors (Lipinski definition) is 10. The lowest BCUT2D eigenvalue weighted by Gasteiger charge is -2.46. The molecule has 8 atom stereocenters. The third kappa shape index (κ3) is 4.94. The van der Waals surface area contributed by atoms with Crippen molar-refractivity contribution in [3.8, 4) is 5.75 Å². The molecule has 1 aromatic heterocycles. The van der Waals surface area contributed by atoms with E-state index in [2.05, 4.69) is 16.8 Å². The number of hydrogen-bond donors (Lipinski definition) is 5. The van der Waals surface area contributed by atoms with Crippen LogP contribution in [0.1, 0.15) is 37.1 Å². The van der Waals surface area contributed by atoms with Crippen molar-refractivity contribution in [2.75, 3.05) is 27.3 Å². The van der Waals surface area contributed by atoms with Crippen LogP contribution in [0.2, 0.25) is 0 Å². The third-order valence-electron chi connectivity index (χ3n) is 8.50. The molecule has 3 aliphatic heterocycles. The second-order valence-corrected chi connectivity index (χ2v) is 10.6. The molecule has 5 N–H and O–H groups in total. The van der Waals surface area contributed by atoms with Crippen LogP contribution < -0.4 is 4.74 Å². The number of H-pyrrole nitrogens is 1. The highest BCUT2D eigenvalue weighted by Crippen LogP contribution is 2.46. The van der Waals surface area contributed by atoms with Gasteiger partial charge in [0, 0.05) is 35.8 Å². The minimum absolute atomic E-state index is 0.0381. The number of aliphatic carboxylic acids is 1. The number of rotatable bonds is 7. The highest BCUT2D eigenvalue weighted by molar-refractivity contribution is 5.89. The molecule has 5 rings (SSSR count). The molecular weight excluding hydrogens is 524 g/mol. The number of methoxy groups -OCH3 is 2. The van der Waals surface area contributed by atoms with Crippen LogP contribution in [0.25, 0.3) is 10.9 Å². The van der Waals surface area contributed by atoms with E-state index in [0.29, 0.717) is 17.7 Å². The molecule has 0 aliphatic carbocycles. The summed E-state index contributed by atoms with van der Waals surface area (Å²) in [5.74, 6) is -1.33. The monoisotopic (exact) mass is 560 g/mol. The second kappa shape index (κ2) is 11.4. The van der Waals surface area contributed by atoms with Crippen LogP contribution in [0.15, 0.2) is 30.0 Å². The van der Waals surface area contributed by atoms with E-state index in [-0.39, 0.29) is 23.8 Å². The van der Waals surface area contributed by atoms with Crippen molar-refractivity contribution in [3.05, 3.63) is 41.3 Å². The van der Waals surface area contributed by atoms with Crippen molar-refractivity contribution in [2.45, 2.75) is 62.9 Å². The quantitative estimate of drug-likeness (QED) is 0.187. The predicted molar refractivity (Wildman–Crippen MR) is 140 cm³/mol. The number of esters is 1. The van der Waals surface area contributed by atoms with Gasteiger partial charge < -0.3 is 44.4 Å². The van der Waals surface area contributed by atoms with E-state index in [1.807, 2.05) is 6.07 Å². The lowest BCUT2D eigenvalue weighted by atomic mass is 9.74. The first-order valence-corrected chi connectivity index (χ1v) is 13.5. The molecule has 0 unspecified atom stereocenters. The van der Waals surface area contributed by atoms with E-state index < -0.39 is 36.7 Å². The fraction of sp³-hybridized carbons (Fsp3) is 0.571. The number of fused-ring (bicyclic) bond motifs is 5. The van der Waals surface area contributed by atoms with Gasteiger partial charge in [0.05, 0.1) is 32.1 Å². The van der Waals surface area contributed by atoms with E-state index >= 15 is 0 Å². The molecule has 0 amide bonds. The zero-order chi connectivity index (χ0) is 28.7. The maximum atomic E-state index is 12.6. The molecule has 0 spiro atoms. The third-order valence-corrected chi connectivity index (χ3v) is 8.50. The van der Waals surface area contributed by atoms with E-state index in [1.54, 1.807) is 12.1 Å². The van der Waals surface area contributed by atoms with Gasteiger partial charge in [0.2, 0.25) is 6.29 Å². The van der Waals surface area contributed by atoms with Gasteiger partial charge in [-0.05, 0) is 42.4 Å². The lowest BCUT2D eigenvalue weighted by molar-refractivity contribution is -0.271. The van der Waals surface area contributed by atoms with Crippen LogP contribution in [0.5, 0.6) is 5.75 Å². The van der Waals surface area contributed by atoms with E-state index in [4.69, 9.17) is 18.9 Å². The first kappa shape index (κ1) is 28.4. The molecule has 218 valence electrons. The first-order valence-electron chi connectivity index (χ1n) is 13.5. The molecule has 2 aromatic rings. The average Bonchev–Trinajstić information content (AvgIpc) is 3.33. The summed E-state index contributed by atoms with van der Waals surface area (Å²) in [5.41, 5.74) is 3.58. The highest BCUT2D eigenvalue weighted by atomic mass is 16.7. The largest absolute Gasteiger partial charge is 0.504 e. The molecular formula is C28H36N2O10. The number of carboxylic acids is 1. The Bertz CT molecular complexity index is 1290. The fourth-order valence-corrected chi connectivity index (χ4v) is 6.43. The topological polar surface area (TPSA) is 171 Å². The average molecular weight is 561 g/mol. The van der Waals surface area contributed by atoms with Gasteiger partial charge in [0.1, 0.15) is 24.1 Å². The summed E-state index contributed by atoms with van der Waals surface area (Å²) in [4.78, 5) is 30.1. The van der Waals surface area contributed by atoms with Crippen LogP contribution in [0.4, 0.5) is 0 Å². The van der Waals surface area contributed by atoms with Gasteiger partial charge in [0.25, 0.3) is 0 Å². The fourth-order valence-electron chi connectivity index (χ4n) is 6.43. The van der Waals surface area contributed by atoms with Crippen LogP contribution in [-0.4, -0.2) is 100 Å². The number of aliphatic hydroxyl groups excluding tert-OH is 3. The Kier molecular flexibility index (Phi) is 8.07. The Balaban J connectivity index is 1.43. The van der Waals surface area contributed by atoms with Crippen molar-refractivity contribution in [1.82, 2.24) is 9.88 Å². The maximum Gasteiger partial charge on any atom is 0.337 e. The molecule has 1 aromatic carbocycles. The number of ether oxygens (including phenoxy) is 4. The summed E-state index contributed by atoms with van der Waals surface area (Å²) in [6, 6.07) is 5.38. The number of carbonyl (C=O) groups excluding carboxylic acids is 1. The van der Waals surface area contributed by atoms with E-state index in [9.17, 15) is 30.0 Å². The van der Waals surface area contributed by atoms with Gasteiger partial charge >= 0.3 is 11.9 Å². The molecule has 0 saturated carbocycles. The summed E-state index contributed by atoms with van der Waals surface area (Å²) in [5, 5.41) is 40.7. The van der Waals surface area contributed by atoms with Crippen LogP contribution in [0.3, 0.4) is 0 Å². The number of aliphatic hydroxyl groups is 3. The predicted octanol–water partition coefficient (Wildman–Crippen LogP) is 1.09. The number of carboxylic acid groups (broad SMARTS) is 1. The van der Waals surface area contributed by atoms with Crippen molar-refractivity contribution < 1.29 is 49.0 Å². The van der Waals surface area contributed by atoms with Crippen LogP contribution in [-0.2, 0) is 30.2 Å². The smallest absolute Gasteiger partial charge is 0.337 e. The number of benzene rings is 1. The Hall–Kier alpha value is -3.16. The summed E-state index contributed by atoms with van der Waals surface area (Å²) in [6.07, 6.45) is -4.46. The Morgan fingerprint density at radius 1 is 1.18 bits per heavy atom. The minimum Gasteiger partial charge on any atom is -0.504 e. The van der Waals surface area contributed by atoms with Gasteiger partial charge in [-0.3, -0.25) is 4.90 Å². The van der Waals surface area contributed by atoms with Gasteiger partial charge in [0.15, 0.2) is 6.10 Å². The van der Waals surface area contributed by atoms with Gasteiger partial charge in [-0.2, -0.15) is 0 Å². The molecule has 0 radical (unpaired) electrons. The van der Waals surface area contributed by atoms with E-state index in [1.165, 1.54) is 26.0 Å². The normalized spacial score (nSPS) is 32.7. The zero-order valence-electron chi connectivity index (χ0n) is 22.6. The molecule has 12 heteroatoms. The Morgan fingerprint density at radius 2 is 1.95 bits per heavy atom. The molecule has 0 bridgehead atoms. The van der Waals surface area contributed by atoms with Gasteiger partial charge in [-0.25, -0.2) is 9.59 Å². The van der Waals surface area contributed by atoms with Crippen LogP contribution in [0, 0.1) is 11.8 Å². The number of piperidine rings is 1. The van der Waals surface area contributed by atoms with Crippen LogP contribution >= 0.6 is 0 Å². The van der Waals surface area contributed by atoms with Crippen molar-refractivity contribution in [2.24, 2.45) is 11.8 Å². The number of nitrogens with zero attached hydrogens (tertiary/aromatic N) is 1. The molecule has 2 saturated heterocycles. The number of aromatic nitrogens is 1. The maximum absolute atomic E-state index is 12.6. The molecule has 40 heavy (non-hydrogen) atoms. The highest BCUT2D eigenvalue weighted by Gasteiger charge is 2.48. The Labute approximate surface area is 231 Å². The van der Waals surface area contributed by atoms with Crippen molar-refractivity contribution >= 4 is 22.8 Å². The lowest BCUT2D eigenvalue weighted by Crippen LogP contribution is -2.61. The number of aromatic amines is 1. The summed E-state index contributed by atoms with van der Waals surface area (Å²) in [6.45, 7) is 3.85. The number of carbonyl (C=O) groups is 2. The number of nitrogens with one attached hydrogen (secondary N) is 1. The summed E-state index contributed by atoms with van der Waals surface area (Å²) < 4.78 is 21.3. The molecule has 2 fully saturated rings. The standard InChI is InChI=1S/C28H36N2O10/c1-4-13-11-30-8-7-16-15-6-5-14(39-28-24(33)22(31)23(32)25(40-28)26(34)35)9-19(15)29-21(16)20(30)10-17(13)18(12-37-2)27(36)38-3/h5-6,9,12-13,17,20,22-25,28-29,31-33H,4,7-8,10-11H2,1-3H3,(H,34,35)/b18-12+/t13-,17-,20+,22-,23-,24+,25-,28+/m0/s1. The molecule has 12 nitrogen and oxygen atoms in total. The minimum atomic E-state index is -1.79. The SMILES string of the molecule is CC[C@H]1CN2CCc3c([nH]c4cc(O[C@@H]5O[C@H](C(=O)O)[C@@H](O)[C@H](O)[C@H]5O)ccc34)[C@H]2C[C@@H]1/C(=C\OC)C(=O)OC. The van der Waals surface area contributed by atoms with Gasteiger partial charge in [-0.1, -0.05) is 13.3 Å². The first-order chi connectivity index (χ1) is 19.2. The molecule has 3 aliphatic rings. The summed E-state index contributed by atoms with van der Waals surface area (Å²) >= 11 is 0. The Morgan fingerprint density at radius 3 is 2.62 bits per heavy atom. The second-order valence-electron chi connectivity index (χ2n) is 10.6. The summed E-state index contributed by atoms with van der Waals surface area (Å²) in [7, 11) is 2.90. The zero-order valence-corrected chi connectivity index (χ0v) is 22.6. The van der Waals surface area contributed by atoms with Gasteiger partial charge in [-0.15, -0.1) is 0 Å². The van der Waals surface area contributed by atoms with Crippen molar-refractivity contribution in [3.63, 3.8) is 0 Å². The van der Waals surface area contributed by atoms with Crippen molar-refractivity contribution in [1.29, 1.82) is 0 Å². The van der Waals surface area contributed by atoms with E-state index in [0.717, 1.165) is 42.5 Å². The molecule has 4 heterocycles.